The average molecular weight is 411 g/mol. The number of benzene rings is 1. The molecule has 2 amide bonds. The van der Waals surface area contributed by atoms with Gasteiger partial charge in [0.05, 0.1) is 11.5 Å². The van der Waals surface area contributed by atoms with Crippen LogP contribution in [0.5, 0.6) is 11.5 Å². The van der Waals surface area contributed by atoms with Gasteiger partial charge in [-0.15, -0.1) is 0 Å². The molecule has 10 heteroatoms. The van der Waals surface area contributed by atoms with E-state index in [1.165, 1.54) is 0 Å². The van der Waals surface area contributed by atoms with Crippen LogP contribution in [0.2, 0.25) is 0 Å². The molecule has 9 nitrogen and oxygen atoms in total. The van der Waals surface area contributed by atoms with Gasteiger partial charge in [0.1, 0.15) is 0 Å². The molecule has 28 heavy (non-hydrogen) atoms. The normalized spacial score (nSPS) is 17.4. The zero-order valence-electron chi connectivity index (χ0n) is 15.6. The molecule has 2 aliphatic rings. The lowest BCUT2D eigenvalue weighted by atomic mass is 9.96. The van der Waals surface area contributed by atoms with Crippen molar-refractivity contribution in [3.05, 3.63) is 18.2 Å². The Morgan fingerprint density at radius 2 is 1.86 bits per heavy atom. The summed E-state index contributed by atoms with van der Waals surface area (Å²) in [5, 5.41) is 2.91. The number of nitrogens with one attached hydrogen (secondary N) is 1. The molecule has 0 spiro atoms. The van der Waals surface area contributed by atoms with Crippen LogP contribution in [0, 0.1) is 5.92 Å². The van der Waals surface area contributed by atoms with Gasteiger partial charge >= 0.3 is 0 Å². The molecule has 1 saturated heterocycles. The van der Waals surface area contributed by atoms with Crippen LogP contribution < -0.4 is 20.5 Å². The van der Waals surface area contributed by atoms with Gasteiger partial charge in [-0.3, -0.25) is 9.59 Å². The summed E-state index contributed by atoms with van der Waals surface area (Å²) in [6, 6.07) is 5.28. The molecule has 0 saturated carbocycles. The molecule has 1 fully saturated rings. The van der Waals surface area contributed by atoms with Crippen molar-refractivity contribution in [1.82, 2.24) is 4.90 Å². The Morgan fingerprint density at radius 1 is 1.14 bits per heavy atom. The van der Waals surface area contributed by atoms with Gasteiger partial charge in [-0.2, -0.15) is 0 Å². The van der Waals surface area contributed by atoms with Crippen molar-refractivity contribution in [2.75, 3.05) is 43.2 Å². The summed E-state index contributed by atoms with van der Waals surface area (Å²) >= 11 is 0. The summed E-state index contributed by atoms with van der Waals surface area (Å²) < 4.78 is 34.4. The number of sulfone groups is 1. The fourth-order valence-corrected chi connectivity index (χ4v) is 4.52. The monoisotopic (exact) mass is 411 g/mol. The molecule has 0 aromatic heterocycles. The van der Waals surface area contributed by atoms with Crippen molar-refractivity contribution in [2.24, 2.45) is 11.7 Å². The van der Waals surface area contributed by atoms with E-state index in [1.807, 2.05) is 4.90 Å². The Balaban J connectivity index is 1.42. The van der Waals surface area contributed by atoms with Gasteiger partial charge in [-0.25, -0.2) is 8.42 Å². The summed E-state index contributed by atoms with van der Waals surface area (Å²) in [6.45, 7) is 1.90. The third-order valence-electron chi connectivity index (χ3n) is 4.98. The maximum atomic E-state index is 12.5. The summed E-state index contributed by atoms with van der Waals surface area (Å²) in [4.78, 5) is 25.3. The topological polar surface area (TPSA) is 128 Å². The summed E-state index contributed by atoms with van der Waals surface area (Å²) in [5.74, 6) is 0.284. The molecule has 2 heterocycles. The molecule has 154 valence electrons. The van der Waals surface area contributed by atoms with Crippen LogP contribution in [0.3, 0.4) is 0 Å². The zero-order chi connectivity index (χ0) is 20.1. The van der Waals surface area contributed by atoms with Crippen molar-refractivity contribution in [3.8, 4) is 11.5 Å². The van der Waals surface area contributed by atoms with Crippen molar-refractivity contribution < 1.29 is 27.5 Å². The van der Waals surface area contributed by atoms with Gasteiger partial charge in [0.2, 0.25) is 18.6 Å². The van der Waals surface area contributed by atoms with Crippen LogP contribution in [-0.2, 0) is 19.4 Å². The number of nitrogens with zero attached hydrogens (tertiary/aromatic N) is 1. The van der Waals surface area contributed by atoms with E-state index in [0.717, 1.165) is 0 Å². The van der Waals surface area contributed by atoms with Gasteiger partial charge in [-0.1, -0.05) is 0 Å². The lowest BCUT2D eigenvalue weighted by molar-refractivity contribution is -0.121. The Kier molecular flexibility index (Phi) is 6.40. The zero-order valence-corrected chi connectivity index (χ0v) is 16.4. The van der Waals surface area contributed by atoms with Crippen molar-refractivity contribution >= 4 is 27.3 Å². The van der Waals surface area contributed by atoms with Crippen LogP contribution >= 0.6 is 0 Å². The summed E-state index contributed by atoms with van der Waals surface area (Å²) in [5.41, 5.74) is 5.66. The third-order valence-corrected chi connectivity index (χ3v) is 6.61. The number of likely N-dealkylation sites (tertiary alicyclic amines) is 1. The summed E-state index contributed by atoms with van der Waals surface area (Å²) in [6.07, 6.45) is 1.18. The standard InChI is InChI=1S/C18H25N3O6S/c19-17(22)5-9-28(24,25)10-8-21-6-3-13(4-7-21)18(23)20-14-1-2-15-16(11-14)27-12-26-15/h1-2,11,13H,3-10,12H2,(H2,19,22)(H,20,23). The highest BCUT2D eigenvalue weighted by molar-refractivity contribution is 7.91. The molecular formula is C18H25N3O6S. The molecule has 1 aromatic carbocycles. The quantitative estimate of drug-likeness (QED) is 0.632. The number of rotatable bonds is 8. The Labute approximate surface area is 164 Å². The van der Waals surface area contributed by atoms with Crippen LogP contribution in [0.4, 0.5) is 5.69 Å². The SMILES string of the molecule is NC(=O)CCS(=O)(=O)CCN1CCC(C(=O)Nc2ccc3c(c2)OCO3)CC1. The molecule has 0 radical (unpaired) electrons. The molecule has 0 bridgehead atoms. The average Bonchev–Trinajstić information content (AvgIpc) is 3.13. The highest BCUT2D eigenvalue weighted by atomic mass is 32.2. The molecule has 0 unspecified atom stereocenters. The first kappa shape index (κ1) is 20.4. The number of amides is 2. The number of carbonyl (C=O) groups is 2. The van der Waals surface area contributed by atoms with E-state index in [2.05, 4.69) is 5.32 Å². The maximum Gasteiger partial charge on any atom is 0.231 e. The van der Waals surface area contributed by atoms with E-state index in [-0.39, 0.29) is 36.5 Å². The first-order chi connectivity index (χ1) is 13.3. The van der Waals surface area contributed by atoms with E-state index in [1.54, 1.807) is 18.2 Å². The van der Waals surface area contributed by atoms with E-state index in [0.29, 0.717) is 49.7 Å². The number of piperidine rings is 1. The number of ether oxygens (including phenoxy) is 2. The van der Waals surface area contributed by atoms with Crippen molar-refractivity contribution in [3.63, 3.8) is 0 Å². The second-order valence-electron chi connectivity index (χ2n) is 7.04. The number of anilines is 1. The van der Waals surface area contributed by atoms with Crippen LogP contribution in [0.1, 0.15) is 19.3 Å². The van der Waals surface area contributed by atoms with E-state index in [4.69, 9.17) is 15.2 Å². The molecule has 1 aromatic rings. The minimum atomic E-state index is -3.30. The van der Waals surface area contributed by atoms with Gasteiger partial charge < -0.3 is 25.4 Å². The number of nitrogens with two attached hydrogens (primary N) is 1. The number of fused-ring (bicyclic) bond motifs is 1. The molecule has 0 aliphatic carbocycles. The van der Waals surface area contributed by atoms with Crippen LogP contribution in [-0.4, -0.2) is 63.1 Å². The van der Waals surface area contributed by atoms with Crippen molar-refractivity contribution in [1.29, 1.82) is 0 Å². The summed E-state index contributed by atoms with van der Waals surface area (Å²) in [7, 11) is -3.30. The second kappa shape index (κ2) is 8.78. The first-order valence-corrected chi connectivity index (χ1v) is 11.1. The Bertz CT molecular complexity index is 834. The second-order valence-corrected chi connectivity index (χ2v) is 9.34. The van der Waals surface area contributed by atoms with Gasteiger partial charge in [-0.05, 0) is 38.1 Å². The van der Waals surface area contributed by atoms with Gasteiger partial charge in [0.25, 0.3) is 0 Å². The maximum absolute atomic E-state index is 12.5. The van der Waals surface area contributed by atoms with Crippen molar-refractivity contribution in [2.45, 2.75) is 19.3 Å². The van der Waals surface area contributed by atoms with Gasteiger partial charge in [0, 0.05) is 30.6 Å². The number of carbonyl (C=O) groups excluding carboxylic acids is 2. The highest BCUT2D eigenvalue weighted by Gasteiger charge is 2.26. The fraction of sp³-hybridized carbons (Fsp3) is 0.556. The number of primary amides is 1. The van der Waals surface area contributed by atoms with Crippen LogP contribution in [0.15, 0.2) is 18.2 Å². The minimum absolute atomic E-state index is 0.00562. The molecule has 3 N–H and O–H groups in total. The van der Waals surface area contributed by atoms with Crippen LogP contribution in [0.25, 0.3) is 0 Å². The third kappa shape index (κ3) is 5.59. The number of hydrogen-bond donors (Lipinski definition) is 2. The molecule has 2 aliphatic heterocycles. The van der Waals surface area contributed by atoms with Gasteiger partial charge in [0.15, 0.2) is 21.3 Å². The Morgan fingerprint density at radius 3 is 2.57 bits per heavy atom. The molecule has 0 atom stereocenters. The molecule has 3 rings (SSSR count). The first-order valence-electron chi connectivity index (χ1n) is 9.24. The number of hydrogen-bond acceptors (Lipinski definition) is 7. The highest BCUT2D eigenvalue weighted by Crippen LogP contribution is 2.34. The Hall–Kier alpha value is -2.33. The lowest BCUT2D eigenvalue weighted by Crippen LogP contribution is -2.40. The van der Waals surface area contributed by atoms with E-state index < -0.39 is 15.7 Å². The largest absolute Gasteiger partial charge is 0.454 e. The molecular weight excluding hydrogens is 386 g/mol. The predicted octanol–water partition coefficient (Wildman–Crippen LogP) is 0.356. The lowest BCUT2D eigenvalue weighted by Gasteiger charge is -2.31. The van der Waals surface area contributed by atoms with E-state index >= 15 is 0 Å². The predicted molar refractivity (Wildman–Crippen MR) is 103 cm³/mol. The van der Waals surface area contributed by atoms with E-state index in [9.17, 15) is 18.0 Å². The smallest absolute Gasteiger partial charge is 0.231 e. The minimum Gasteiger partial charge on any atom is -0.454 e. The fourth-order valence-electron chi connectivity index (χ4n) is 3.26.